The second-order valence-electron chi connectivity index (χ2n) is 4.22. The van der Waals surface area contributed by atoms with Crippen molar-refractivity contribution in [2.75, 3.05) is 11.9 Å². The monoisotopic (exact) mass is 312 g/mol. The number of para-hydroxylation sites is 1. The van der Waals surface area contributed by atoms with Gasteiger partial charge in [-0.1, -0.05) is 30.3 Å². The standard InChI is InChI=1S/C15H14F2N2O.ClH/c16-12-6-2-1-5-11(12)9-18-10-15(20)19-14-8-4-3-7-13(14)17;/h1-8,18H,9-10H2,(H,19,20);1H. The van der Waals surface area contributed by atoms with Gasteiger partial charge in [0, 0.05) is 12.1 Å². The van der Waals surface area contributed by atoms with Crippen molar-refractivity contribution in [3.05, 3.63) is 65.7 Å². The third-order valence-corrected chi connectivity index (χ3v) is 2.71. The summed E-state index contributed by atoms with van der Waals surface area (Å²) in [6.45, 7) is 0.208. The summed E-state index contributed by atoms with van der Waals surface area (Å²) in [6, 6.07) is 12.2. The first-order valence-corrected chi connectivity index (χ1v) is 6.15. The Morgan fingerprint density at radius 1 is 0.952 bits per heavy atom. The lowest BCUT2D eigenvalue weighted by molar-refractivity contribution is -0.115. The number of benzene rings is 2. The summed E-state index contributed by atoms with van der Waals surface area (Å²) in [4.78, 5) is 11.6. The van der Waals surface area contributed by atoms with Gasteiger partial charge in [0.15, 0.2) is 0 Å². The van der Waals surface area contributed by atoms with E-state index in [2.05, 4.69) is 10.6 Å². The van der Waals surface area contributed by atoms with Crippen molar-refractivity contribution >= 4 is 24.0 Å². The molecule has 2 aromatic rings. The smallest absolute Gasteiger partial charge is 0.238 e. The molecule has 0 bridgehead atoms. The van der Waals surface area contributed by atoms with Crippen LogP contribution in [0.1, 0.15) is 5.56 Å². The summed E-state index contributed by atoms with van der Waals surface area (Å²) >= 11 is 0. The quantitative estimate of drug-likeness (QED) is 0.890. The van der Waals surface area contributed by atoms with Gasteiger partial charge in [0.25, 0.3) is 0 Å². The zero-order chi connectivity index (χ0) is 14.4. The molecule has 1 amide bonds. The zero-order valence-electron chi connectivity index (χ0n) is 11.1. The first-order valence-electron chi connectivity index (χ1n) is 6.15. The van der Waals surface area contributed by atoms with E-state index >= 15 is 0 Å². The molecule has 0 spiro atoms. The van der Waals surface area contributed by atoms with E-state index in [1.54, 1.807) is 30.3 Å². The van der Waals surface area contributed by atoms with Crippen LogP contribution in [0.3, 0.4) is 0 Å². The second-order valence-corrected chi connectivity index (χ2v) is 4.22. The fourth-order valence-corrected chi connectivity index (χ4v) is 1.71. The molecule has 21 heavy (non-hydrogen) atoms. The lowest BCUT2D eigenvalue weighted by Gasteiger charge is -2.08. The molecule has 6 heteroatoms. The Morgan fingerprint density at radius 3 is 2.24 bits per heavy atom. The Labute approximate surface area is 127 Å². The van der Waals surface area contributed by atoms with Gasteiger partial charge in [-0.05, 0) is 18.2 Å². The first kappa shape index (κ1) is 17.1. The Morgan fingerprint density at radius 2 is 1.57 bits per heavy atom. The van der Waals surface area contributed by atoms with E-state index in [1.807, 2.05) is 0 Å². The summed E-state index contributed by atoms with van der Waals surface area (Å²) in [5.41, 5.74) is 0.608. The van der Waals surface area contributed by atoms with E-state index in [-0.39, 0.29) is 42.9 Å². The molecule has 2 rings (SSSR count). The molecule has 112 valence electrons. The maximum atomic E-state index is 13.3. The lowest BCUT2D eigenvalue weighted by atomic mass is 10.2. The van der Waals surface area contributed by atoms with Gasteiger partial charge in [-0.3, -0.25) is 4.79 Å². The topological polar surface area (TPSA) is 41.1 Å². The molecule has 0 atom stereocenters. The number of anilines is 1. The number of rotatable bonds is 5. The Balaban J connectivity index is 0.00000220. The predicted molar refractivity (Wildman–Crippen MR) is 80.4 cm³/mol. The minimum atomic E-state index is -0.491. The third kappa shape index (κ3) is 5.13. The Bertz CT molecular complexity index is 608. The maximum absolute atomic E-state index is 13.3. The van der Waals surface area contributed by atoms with Crippen LogP contribution in [0.2, 0.25) is 0 Å². The molecular formula is C15H15ClF2N2O. The highest BCUT2D eigenvalue weighted by atomic mass is 35.5. The zero-order valence-corrected chi connectivity index (χ0v) is 11.9. The maximum Gasteiger partial charge on any atom is 0.238 e. The number of hydrogen-bond acceptors (Lipinski definition) is 2. The van der Waals surface area contributed by atoms with E-state index in [1.165, 1.54) is 18.2 Å². The number of amides is 1. The minimum absolute atomic E-state index is 0. The van der Waals surface area contributed by atoms with E-state index in [9.17, 15) is 13.6 Å². The first-order chi connectivity index (χ1) is 9.66. The molecule has 2 aromatic carbocycles. The van der Waals surface area contributed by atoms with Crippen LogP contribution in [0, 0.1) is 11.6 Å². The van der Waals surface area contributed by atoms with E-state index in [4.69, 9.17) is 0 Å². The van der Waals surface area contributed by atoms with Gasteiger partial charge >= 0.3 is 0 Å². The average molecular weight is 313 g/mol. The van der Waals surface area contributed by atoms with Crippen LogP contribution in [-0.4, -0.2) is 12.5 Å². The fourth-order valence-electron chi connectivity index (χ4n) is 1.71. The summed E-state index contributed by atoms with van der Waals surface area (Å²) in [7, 11) is 0. The number of halogens is 3. The molecule has 3 nitrogen and oxygen atoms in total. The van der Waals surface area contributed by atoms with Gasteiger partial charge in [0.2, 0.25) is 5.91 Å². The highest BCUT2D eigenvalue weighted by molar-refractivity contribution is 5.92. The van der Waals surface area contributed by atoms with E-state index in [0.29, 0.717) is 5.56 Å². The summed E-state index contributed by atoms with van der Waals surface area (Å²) in [5.74, 6) is -1.20. The predicted octanol–water partition coefficient (Wildman–Crippen LogP) is 3.11. The molecule has 0 saturated heterocycles. The summed E-state index contributed by atoms with van der Waals surface area (Å²) in [5, 5.41) is 5.25. The molecule has 0 aliphatic carbocycles. The lowest BCUT2D eigenvalue weighted by Crippen LogP contribution is -2.28. The van der Waals surface area contributed by atoms with Crippen molar-refractivity contribution in [2.45, 2.75) is 6.54 Å². The highest BCUT2D eigenvalue weighted by Gasteiger charge is 2.06. The molecule has 0 fully saturated rings. The SMILES string of the molecule is Cl.O=C(CNCc1ccccc1F)Nc1ccccc1F. The van der Waals surface area contributed by atoms with Crippen molar-refractivity contribution in [3.8, 4) is 0 Å². The van der Waals surface area contributed by atoms with Crippen LogP contribution < -0.4 is 10.6 Å². The molecule has 0 aliphatic heterocycles. The Hall–Kier alpha value is -1.98. The van der Waals surface area contributed by atoms with Crippen molar-refractivity contribution in [3.63, 3.8) is 0 Å². The third-order valence-electron chi connectivity index (χ3n) is 2.71. The van der Waals surface area contributed by atoms with Crippen LogP contribution in [0.15, 0.2) is 48.5 Å². The molecule has 0 radical (unpaired) electrons. The summed E-state index contributed by atoms with van der Waals surface area (Å²) in [6.07, 6.45) is 0. The largest absolute Gasteiger partial charge is 0.322 e. The number of carbonyl (C=O) groups excluding carboxylic acids is 1. The molecule has 0 unspecified atom stereocenters. The molecule has 0 saturated carbocycles. The molecule has 0 heterocycles. The summed E-state index contributed by atoms with van der Waals surface area (Å²) < 4.78 is 26.6. The average Bonchev–Trinajstić information content (AvgIpc) is 2.43. The van der Waals surface area contributed by atoms with Crippen molar-refractivity contribution < 1.29 is 13.6 Å². The van der Waals surface area contributed by atoms with Crippen LogP contribution in [0.5, 0.6) is 0 Å². The van der Waals surface area contributed by atoms with Crippen LogP contribution >= 0.6 is 12.4 Å². The van der Waals surface area contributed by atoms with Crippen molar-refractivity contribution in [2.24, 2.45) is 0 Å². The number of hydrogen-bond donors (Lipinski definition) is 2. The molecule has 0 aromatic heterocycles. The van der Waals surface area contributed by atoms with Gasteiger partial charge in [0.05, 0.1) is 12.2 Å². The van der Waals surface area contributed by atoms with Crippen LogP contribution in [0.4, 0.5) is 14.5 Å². The second kappa shape index (κ2) is 8.34. The Kier molecular flexibility index (Phi) is 6.78. The van der Waals surface area contributed by atoms with Gasteiger partial charge < -0.3 is 10.6 Å². The molecular weight excluding hydrogens is 298 g/mol. The van der Waals surface area contributed by atoms with Crippen LogP contribution in [-0.2, 0) is 11.3 Å². The molecule has 2 N–H and O–H groups in total. The van der Waals surface area contributed by atoms with Gasteiger partial charge in [-0.2, -0.15) is 0 Å². The fraction of sp³-hybridized carbons (Fsp3) is 0.133. The van der Waals surface area contributed by atoms with E-state index < -0.39 is 5.82 Å². The van der Waals surface area contributed by atoms with E-state index in [0.717, 1.165) is 0 Å². The normalized spacial score (nSPS) is 9.81. The van der Waals surface area contributed by atoms with Crippen molar-refractivity contribution in [1.82, 2.24) is 5.32 Å². The van der Waals surface area contributed by atoms with Gasteiger partial charge in [-0.25, -0.2) is 8.78 Å². The highest BCUT2D eigenvalue weighted by Crippen LogP contribution is 2.11. The van der Waals surface area contributed by atoms with Gasteiger partial charge in [0.1, 0.15) is 11.6 Å². The van der Waals surface area contributed by atoms with Gasteiger partial charge in [-0.15, -0.1) is 12.4 Å². The number of carbonyl (C=O) groups is 1. The minimum Gasteiger partial charge on any atom is -0.322 e. The van der Waals surface area contributed by atoms with Crippen molar-refractivity contribution in [1.29, 1.82) is 0 Å². The van der Waals surface area contributed by atoms with Crippen LogP contribution in [0.25, 0.3) is 0 Å². The molecule has 0 aliphatic rings. The number of nitrogens with one attached hydrogen (secondary N) is 2.